The Kier molecular flexibility index (Phi) is 5.92. The Morgan fingerprint density at radius 1 is 1.14 bits per heavy atom. The van der Waals surface area contributed by atoms with Gasteiger partial charge in [-0.05, 0) is 49.3 Å². The summed E-state index contributed by atoms with van der Waals surface area (Å²) in [5.74, 6) is 2.57. The van der Waals surface area contributed by atoms with Crippen LogP contribution in [-0.4, -0.2) is 19.3 Å². The van der Waals surface area contributed by atoms with E-state index in [4.69, 9.17) is 9.47 Å². The van der Waals surface area contributed by atoms with Gasteiger partial charge in [-0.3, -0.25) is 0 Å². The van der Waals surface area contributed by atoms with Crippen molar-refractivity contribution in [2.75, 3.05) is 7.11 Å². The van der Waals surface area contributed by atoms with Crippen molar-refractivity contribution in [1.29, 1.82) is 0 Å². The van der Waals surface area contributed by atoms with Crippen LogP contribution in [0.1, 0.15) is 52.0 Å². The maximum Gasteiger partial charge on any atom is 0.161 e. The average Bonchev–Trinajstić information content (AvgIpc) is 2.48. The normalized spacial score (nSPS) is 22.3. The molecule has 0 amide bonds. The first-order valence-electron chi connectivity index (χ1n) is 8.15. The molecule has 0 radical (unpaired) electrons. The zero-order valence-corrected chi connectivity index (χ0v) is 13.8. The SMILES string of the molecule is COc1cc(CNC(C)C)ccc1OC1CCC(C)CC1. The van der Waals surface area contributed by atoms with Crippen LogP contribution in [0.25, 0.3) is 0 Å². The molecule has 3 nitrogen and oxygen atoms in total. The second-order valence-electron chi connectivity index (χ2n) is 6.52. The lowest BCUT2D eigenvalue weighted by Gasteiger charge is -2.27. The third-order valence-corrected chi connectivity index (χ3v) is 4.20. The van der Waals surface area contributed by atoms with Crippen molar-refractivity contribution in [1.82, 2.24) is 5.32 Å². The highest BCUT2D eigenvalue weighted by molar-refractivity contribution is 5.43. The van der Waals surface area contributed by atoms with Crippen LogP contribution in [0.2, 0.25) is 0 Å². The molecule has 0 atom stereocenters. The molecule has 0 aliphatic heterocycles. The molecule has 0 bridgehead atoms. The van der Waals surface area contributed by atoms with Crippen molar-refractivity contribution in [3.05, 3.63) is 23.8 Å². The van der Waals surface area contributed by atoms with Crippen LogP contribution in [0.5, 0.6) is 11.5 Å². The van der Waals surface area contributed by atoms with E-state index in [1.54, 1.807) is 7.11 Å². The van der Waals surface area contributed by atoms with Crippen LogP contribution in [0, 0.1) is 5.92 Å². The van der Waals surface area contributed by atoms with E-state index >= 15 is 0 Å². The highest BCUT2D eigenvalue weighted by Gasteiger charge is 2.20. The number of benzene rings is 1. The van der Waals surface area contributed by atoms with Gasteiger partial charge in [-0.1, -0.05) is 26.8 Å². The largest absolute Gasteiger partial charge is 0.493 e. The van der Waals surface area contributed by atoms with Gasteiger partial charge in [-0.15, -0.1) is 0 Å². The van der Waals surface area contributed by atoms with E-state index in [0.717, 1.165) is 36.8 Å². The first-order chi connectivity index (χ1) is 10.1. The molecule has 2 rings (SSSR count). The highest BCUT2D eigenvalue weighted by Crippen LogP contribution is 2.33. The van der Waals surface area contributed by atoms with Gasteiger partial charge in [0, 0.05) is 12.6 Å². The van der Waals surface area contributed by atoms with Crippen LogP contribution in [-0.2, 0) is 6.54 Å². The van der Waals surface area contributed by atoms with E-state index < -0.39 is 0 Å². The fraction of sp³-hybridized carbons (Fsp3) is 0.667. The van der Waals surface area contributed by atoms with E-state index in [2.05, 4.69) is 38.2 Å². The van der Waals surface area contributed by atoms with Crippen molar-refractivity contribution in [2.45, 2.75) is 65.1 Å². The molecule has 0 unspecified atom stereocenters. The van der Waals surface area contributed by atoms with Crippen molar-refractivity contribution < 1.29 is 9.47 Å². The zero-order valence-electron chi connectivity index (χ0n) is 13.8. The maximum atomic E-state index is 6.16. The lowest BCUT2D eigenvalue weighted by Crippen LogP contribution is -2.23. The Labute approximate surface area is 129 Å². The first kappa shape index (κ1) is 16.2. The second-order valence-corrected chi connectivity index (χ2v) is 6.52. The standard InChI is InChI=1S/C18H29NO2/c1-13(2)19-12-15-7-10-17(18(11-15)20-4)21-16-8-5-14(3)6-9-16/h7,10-11,13-14,16,19H,5-6,8-9,12H2,1-4H3. The van der Waals surface area contributed by atoms with Gasteiger partial charge in [0.15, 0.2) is 11.5 Å². The summed E-state index contributed by atoms with van der Waals surface area (Å²) < 4.78 is 11.7. The van der Waals surface area contributed by atoms with Gasteiger partial charge >= 0.3 is 0 Å². The van der Waals surface area contributed by atoms with E-state index in [0.29, 0.717) is 12.1 Å². The molecular formula is C18H29NO2. The number of nitrogens with one attached hydrogen (secondary N) is 1. The van der Waals surface area contributed by atoms with Crippen LogP contribution in [0.15, 0.2) is 18.2 Å². The number of hydrogen-bond donors (Lipinski definition) is 1. The van der Waals surface area contributed by atoms with Crippen LogP contribution < -0.4 is 14.8 Å². The minimum atomic E-state index is 0.342. The molecule has 3 heteroatoms. The monoisotopic (exact) mass is 291 g/mol. The van der Waals surface area contributed by atoms with Gasteiger partial charge in [0.1, 0.15) is 0 Å². The minimum Gasteiger partial charge on any atom is -0.493 e. The molecule has 0 heterocycles. The smallest absolute Gasteiger partial charge is 0.161 e. The van der Waals surface area contributed by atoms with Gasteiger partial charge in [0.25, 0.3) is 0 Å². The van der Waals surface area contributed by atoms with Gasteiger partial charge in [-0.2, -0.15) is 0 Å². The number of methoxy groups -OCH3 is 1. The minimum absolute atomic E-state index is 0.342. The topological polar surface area (TPSA) is 30.5 Å². The van der Waals surface area contributed by atoms with Gasteiger partial charge in [0.2, 0.25) is 0 Å². The molecule has 1 aromatic carbocycles. The second kappa shape index (κ2) is 7.69. The summed E-state index contributed by atoms with van der Waals surface area (Å²) in [7, 11) is 1.71. The fourth-order valence-corrected chi connectivity index (χ4v) is 2.77. The summed E-state index contributed by atoms with van der Waals surface area (Å²) in [6, 6.07) is 6.74. The van der Waals surface area contributed by atoms with E-state index in [9.17, 15) is 0 Å². The quantitative estimate of drug-likeness (QED) is 0.854. The van der Waals surface area contributed by atoms with E-state index in [1.807, 2.05) is 6.07 Å². The first-order valence-corrected chi connectivity index (χ1v) is 8.15. The van der Waals surface area contributed by atoms with Gasteiger partial charge in [0.05, 0.1) is 13.2 Å². The van der Waals surface area contributed by atoms with Crippen LogP contribution >= 0.6 is 0 Å². The summed E-state index contributed by atoms with van der Waals surface area (Å²) in [4.78, 5) is 0. The molecule has 1 aliphatic carbocycles. The molecule has 21 heavy (non-hydrogen) atoms. The Morgan fingerprint density at radius 3 is 2.48 bits per heavy atom. The molecule has 1 saturated carbocycles. The number of hydrogen-bond acceptors (Lipinski definition) is 3. The molecule has 0 aromatic heterocycles. The molecular weight excluding hydrogens is 262 g/mol. The predicted octanol–water partition coefficient (Wildman–Crippen LogP) is 4.15. The van der Waals surface area contributed by atoms with Crippen molar-refractivity contribution >= 4 is 0 Å². The summed E-state index contributed by atoms with van der Waals surface area (Å²) in [5, 5.41) is 3.42. The van der Waals surface area contributed by atoms with Crippen LogP contribution in [0.3, 0.4) is 0 Å². The Hall–Kier alpha value is -1.22. The third kappa shape index (κ3) is 4.92. The molecule has 0 spiro atoms. The number of rotatable bonds is 6. The third-order valence-electron chi connectivity index (χ3n) is 4.20. The molecule has 1 fully saturated rings. The van der Waals surface area contributed by atoms with Crippen molar-refractivity contribution in [2.24, 2.45) is 5.92 Å². The molecule has 0 saturated heterocycles. The summed E-state index contributed by atoms with van der Waals surface area (Å²) in [6.07, 6.45) is 5.18. The molecule has 1 aliphatic rings. The van der Waals surface area contributed by atoms with Crippen molar-refractivity contribution in [3.8, 4) is 11.5 Å². The fourth-order valence-electron chi connectivity index (χ4n) is 2.77. The molecule has 1 aromatic rings. The van der Waals surface area contributed by atoms with E-state index in [-0.39, 0.29) is 0 Å². The summed E-state index contributed by atoms with van der Waals surface area (Å²) in [6.45, 7) is 7.49. The summed E-state index contributed by atoms with van der Waals surface area (Å²) in [5.41, 5.74) is 1.23. The van der Waals surface area contributed by atoms with Crippen molar-refractivity contribution in [3.63, 3.8) is 0 Å². The number of ether oxygens (including phenoxy) is 2. The Bertz CT molecular complexity index is 437. The van der Waals surface area contributed by atoms with E-state index in [1.165, 1.54) is 18.4 Å². The lowest BCUT2D eigenvalue weighted by molar-refractivity contribution is 0.131. The lowest BCUT2D eigenvalue weighted by atomic mass is 9.89. The average molecular weight is 291 g/mol. The Morgan fingerprint density at radius 2 is 1.86 bits per heavy atom. The molecule has 118 valence electrons. The molecule has 1 N–H and O–H groups in total. The summed E-state index contributed by atoms with van der Waals surface area (Å²) >= 11 is 0. The maximum absolute atomic E-state index is 6.16. The predicted molar refractivity (Wildman–Crippen MR) is 87.0 cm³/mol. The Balaban J connectivity index is 1.99. The van der Waals surface area contributed by atoms with Gasteiger partial charge in [-0.25, -0.2) is 0 Å². The van der Waals surface area contributed by atoms with Gasteiger partial charge < -0.3 is 14.8 Å². The zero-order chi connectivity index (χ0) is 15.2. The highest BCUT2D eigenvalue weighted by atomic mass is 16.5. The van der Waals surface area contributed by atoms with Crippen LogP contribution in [0.4, 0.5) is 0 Å².